The molecule has 0 aliphatic carbocycles. The van der Waals surface area contributed by atoms with Gasteiger partial charge in [-0.3, -0.25) is 0 Å². The van der Waals surface area contributed by atoms with Gasteiger partial charge in [0.15, 0.2) is 0 Å². The number of benzene rings is 1. The van der Waals surface area contributed by atoms with Crippen molar-refractivity contribution in [3.8, 4) is 0 Å². The van der Waals surface area contributed by atoms with Gasteiger partial charge < -0.3 is 9.57 Å². The zero-order valence-corrected chi connectivity index (χ0v) is 8.32. The van der Waals surface area contributed by atoms with E-state index in [1.165, 1.54) is 11.1 Å². The molecule has 1 N–H and O–H groups in total. The topological polar surface area (TPSA) is 30.5 Å². The number of nitrogens with one attached hydrogen (secondary N) is 1. The van der Waals surface area contributed by atoms with Crippen molar-refractivity contribution in [1.82, 2.24) is 5.48 Å². The number of hydroxylamine groups is 1. The third-order valence-corrected chi connectivity index (χ3v) is 2.48. The SMILES string of the molecule is CONCc1cccc(C2COC2)c1. The smallest absolute Gasteiger partial charge is 0.0572 e. The van der Waals surface area contributed by atoms with E-state index in [1.54, 1.807) is 7.11 Å². The fourth-order valence-electron chi connectivity index (χ4n) is 1.54. The second-order valence-corrected chi connectivity index (χ2v) is 3.50. The van der Waals surface area contributed by atoms with Crippen molar-refractivity contribution in [1.29, 1.82) is 0 Å². The van der Waals surface area contributed by atoms with Crippen molar-refractivity contribution in [2.75, 3.05) is 20.3 Å². The van der Waals surface area contributed by atoms with Crippen molar-refractivity contribution in [2.45, 2.75) is 12.5 Å². The molecule has 1 aromatic rings. The summed E-state index contributed by atoms with van der Waals surface area (Å²) in [6.07, 6.45) is 0. The summed E-state index contributed by atoms with van der Waals surface area (Å²) < 4.78 is 5.17. The Kier molecular flexibility index (Phi) is 3.14. The Morgan fingerprint density at radius 1 is 1.50 bits per heavy atom. The number of rotatable bonds is 4. The molecule has 2 rings (SSSR count). The Bertz CT molecular complexity index is 297. The van der Waals surface area contributed by atoms with Crippen LogP contribution in [0.1, 0.15) is 17.0 Å². The molecule has 0 aromatic heterocycles. The van der Waals surface area contributed by atoms with Crippen molar-refractivity contribution >= 4 is 0 Å². The van der Waals surface area contributed by atoms with Crippen LogP contribution in [-0.2, 0) is 16.1 Å². The van der Waals surface area contributed by atoms with Crippen LogP contribution in [0.15, 0.2) is 24.3 Å². The van der Waals surface area contributed by atoms with E-state index in [1.807, 2.05) is 0 Å². The maximum atomic E-state index is 5.17. The molecular formula is C11H15NO2. The van der Waals surface area contributed by atoms with Gasteiger partial charge in [0, 0.05) is 12.5 Å². The van der Waals surface area contributed by atoms with Gasteiger partial charge in [0.25, 0.3) is 0 Å². The first-order chi connectivity index (χ1) is 6.90. The van der Waals surface area contributed by atoms with Crippen LogP contribution >= 0.6 is 0 Å². The molecule has 0 spiro atoms. The van der Waals surface area contributed by atoms with E-state index in [2.05, 4.69) is 29.7 Å². The van der Waals surface area contributed by atoms with Gasteiger partial charge in [0.1, 0.15) is 0 Å². The van der Waals surface area contributed by atoms with Gasteiger partial charge in [0.2, 0.25) is 0 Å². The average Bonchev–Trinajstić information content (AvgIpc) is 2.13. The molecule has 1 aliphatic rings. The van der Waals surface area contributed by atoms with Crippen LogP contribution in [0.2, 0.25) is 0 Å². The van der Waals surface area contributed by atoms with E-state index in [4.69, 9.17) is 9.57 Å². The van der Waals surface area contributed by atoms with Crippen LogP contribution < -0.4 is 5.48 Å². The van der Waals surface area contributed by atoms with E-state index in [0.29, 0.717) is 5.92 Å². The molecule has 3 nitrogen and oxygen atoms in total. The fourth-order valence-corrected chi connectivity index (χ4v) is 1.54. The third-order valence-electron chi connectivity index (χ3n) is 2.48. The lowest BCUT2D eigenvalue weighted by molar-refractivity contribution is 0.00836. The van der Waals surface area contributed by atoms with Crippen LogP contribution in [-0.4, -0.2) is 20.3 Å². The first-order valence-corrected chi connectivity index (χ1v) is 4.82. The molecule has 0 unspecified atom stereocenters. The number of hydrogen-bond donors (Lipinski definition) is 1. The lowest BCUT2D eigenvalue weighted by Gasteiger charge is -2.26. The number of hydrogen-bond acceptors (Lipinski definition) is 3. The highest BCUT2D eigenvalue weighted by molar-refractivity contribution is 5.27. The summed E-state index contributed by atoms with van der Waals surface area (Å²) in [5.74, 6) is 0.595. The lowest BCUT2D eigenvalue weighted by Crippen LogP contribution is -2.25. The fraction of sp³-hybridized carbons (Fsp3) is 0.455. The molecule has 1 aliphatic heterocycles. The quantitative estimate of drug-likeness (QED) is 0.734. The molecule has 1 fully saturated rings. The van der Waals surface area contributed by atoms with Gasteiger partial charge in [-0.25, -0.2) is 0 Å². The minimum atomic E-state index is 0.595. The van der Waals surface area contributed by atoms with Crippen molar-refractivity contribution in [3.63, 3.8) is 0 Å². The van der Waals surface area contributed by atoms with E-state index >= 15 is 0 Å². The molecule has 0 radical (unpaired) electrons. The predicted molar refractivity (Wildman–Crippen MR) is 53.9 cm³/mol. The summed E-state index contributed by atoms with van der Waals surface area (Å²) in [5.41, 5.74) is 5.45. The van der Waals surface area contributed by atoms with Gasteiger partial charge in [-0.05, 0) is 11.1 Å². The first kappa shape index (κ1) is 9.65. The Morgan fingerprint density at radius 2 is 2.36 bits per heavy atom. The Morgan fingerprint density at radius 3 is 3.00 bits per heavy atom. The van der Waals surface area contributed by atoms with E-state index in [0.717, 1.165) is 19.8 Å². The summed E-state index contributed by atoms with van der Waals surface area (Å²) in [6, 6.07) is 8.54. The van der Waals surface area contributed by atoms with Crippen LogP contribution in [0.25, 0.3) is 0 Å². The minimum absolute atomic E-state index is 0.595. The normalized spacial score (nSPS) is 16.6. The highest BCUT2D eigenvalue weighted by Crippen LogP contribution is 2.24. The van der Waals surface area contributed by atoms with Crippen molar-refractivity contribution < 1.29 is 9.57 Å². The van der Waals surface area contributed by atoms with E-state index in [-0.39, 0.29) is 0 Å². The van der Waals surface area contributed by atoms with Crippen molar-refractivity contribution in [2.24, 2.45) is 0 Å². The van der Waals surface area contributed by atoms with Crippen LogP contribution in [0.4, 0.5) is 0 Å². The Hall–Kier alpha value is -0.900. The minimum Gasteiger partial charge on any atom is -0.380 e. The highest BCUT2D eigenvalue weighted by Gasteiger charge is 2.20. The van der Waals surface area contributed by atoms with Crippen LogP contribution in [0, 0.1) is 0 Å². The van der Waals surface area contributed by atoms with Crippen LogP contribution in [0.3, 0.4) is 0 Å². The first-order valence-electron chi connectivity index (χ1n) is 4.82. The largest absolute Gasteiger partial charge is 0.380 e. The molecule has 14 heavy (non-hydrogen) atoms. The van der Waals surface area contributed by atoms with Gasteiger partial charge >= 0.3 is 0 Å². The van der Waals surface area contributed by atoms with Crippen LogP contribution in [0.5, 0.6) is 0 Å². The van der Waals surface area contributed by atoms with Gasteiger partial charge in [-0.1, -0.05) is 24.3 Å². The molecule has 1 aromatic carbocycles. The Balaban J connectivity index is 2.02. The second kappa shape index (κ2) is 4.55. The zero-order valence-electron chi connectivity index (χ0n) is 8.32. The maximum absolute atomic E-state index is 5.17. The predicted octanol–water partition coefficient (Wildman–Crippen LogP) is 1.45. The van der Waals surface area contributed by atoms with E-state index in [9.17, 15) is 0 Å². The summed E-state index contributed by atoms with van der Waals surface area (Å²) in [7, 11) is 1.63. The zero-order chi connectivity index (χ0) is 9.80. The second-order valence-electron chi connectivity index (χ2n) is 3.50. The summed E-state index contributed by atoms with van der Waals surface area (Å²) in [6.45, 7) is 2.47. The molecule has 3 heteroatoms. The van der Waals surface area contributed by atoms with Gasteiger partial charge in [-0.15, -0.1) is 0 Å². The molecule has 0 atom stereocenters. The Labute approximate surface area is 84.0 Å². The van der Waals surface area contributed by atoms with Gasteiger partial charge in [-0.2, -0.15) is 5.48 Å². The summed E-state index contributed by atoms with van der Waals surface area (Å²) in [5, 5.41) is 0. The molecule has 0 saturated carbocycles. The highest BCUT2D eigenvalue weighted by atomic mass is 16.6. The molecule has 76 valence electrons. The third kappa shape index (κ3) is 2.12. The van der Waals surface area contributed by atoms with E-state index < -0.39 is 0 Å². The monoisotopic (exact) mass is 193 g/mol. The average molecular weight is 193 g/mol. The molecule has 0 amide bonds. The molecule has 1 saturated heterocycles. The van der Waals surface area contributed by atoms with Gasteiger partial charge in [0.05, 0.1) is 20.3 Å². The summed E-state index contributed by atoms with van der Waals surface area (Å²) >= 11 is 0. The maximum Gasteiger partial charge on any atom is 0.0572 e. The molecular weight excluding hydrogens is 178 g/mol. The standard InChI is InChI=1S/C11H15NO2/c1-13-12-6-9-3-2-4-10(5-9)11-7-14-8-11/h2-5,11-12H,6-8H2,1H3. The van der Waals surface area contributed by atoms with Crippen molar-refractivity contribution in [3.05, 3.63) is 35.4 Å². The lowest BCUT2D eigenvalue weighted by atomic mass is 9.96. The number of ether oxygens (including phenoxy) is 1. The molecule has 1 heterocycles. The molecule has 0 bridgehead atoms. The summed E-state index contributed by atoms with van der Waals surface area (Å²) in [4.78, 5) is 4.81.